The van der Waals surface area contributed by atoms with Gasteiger partial charge in [0.1, 0.15) is 8.07 Å². The average molecular weight is 435 g/mol. The van der Waals surface area contributed by atoms with Crippen molar-refractivity contribution in [3.05, 3.63) is 82.2 Å². The quantitative estimate of drug-likeness (QED) is 0.402. The Labute approximate surface area is 181 Å². The van der Waals surface area contributed by atoms with Crippen LogP contribution in [0.2, 0.25) is 51.4 Å². The van der Waals surface area contributed by atoms with Gasteiger partial charge in [0.2, 0.25) is 0 Å². The predicted molar refractivity (Wildman–Crippen MR) is 140 cm³/mol. The molecule has 0 saturated heterocycles. The second-order valence-corrected chi connectivity index (χ2v) is 25.1. The van der Waals surface area contributed by atoms with Crippen molar-refractivity contribution in [2.75, 3.05) is 0 Å². The summed E-state index contributed by atoms with van der Waals surface area (Å²) in [6.07, 6.45) is 0. The van der Waals surface area contributed by atoms with Gasteiger partial charge in [-0.25, -0.2) is 0 Å². The van der Waals surface area contributed by atoms with Crippen molar-refractivity contribution >= 4 is 34.6 Å². The molecule has 1 aliphatic rings. The molecule has 0 spiro atoms. The molecule has 0 aliphatic carbocycles. The summed E-state index contributed by atoms with van der Waals surface area (Å²) in [6, 6.07) is 25.4. The highest BCUT2D eigenvalue weighted by Crippen LogP contribution is 2.56. The summed E-state index contributed by atoms with van der Waals surface area (Å²) in [4.78, 5) is 0. The Bertz CT molecular complexity index is 844. The molecule has 2 aromatic rings. The first-order valence-electron chi connectivity index (χ1n) is 11.2. The monoisotopic (exact) mass is 434 g/mol. The molecule has 3 heteroatoms. The van der Waals surface area contributed by atoms with Crippen LogP contribution in [0.25, 0.3) is 10.4 Å². The van der Waals surface area contributed by atoms with Gasteiger partial charge in [0, 0.05) is 0 Å². The maximum absolute atomic E-state index is 2.57. The second-order valence-electron chi connectivity index (χ2n) is 10.5. The smallest absolute Gasteiger partial charge is 0.0672 e. The molecular weight excluding hydrogens is 397 g/mol. The number of rotatable bonds is 6. The fraction of sp³-hybridized carbons (Fsp3) is 0.385. The molecule has 0 nitrogen and oxygen atoms in total. The normalized spacial score (nSPS) is 17.2. The summed E-state index contributed by atoms with van der Waals surface area (Å²) in [5, 5.41) is 7.21. The number of hydrogen-bond donors (Lipinski definition) is 0. The van der Waals surface area contributed by atoms with E-state index in [1.165, 1.54) is 23.2 Å². The fourth-order valence-electron chi connectivity index (χ4n) is 5.36. The second kappa shape index (κ2) is 8.01. The highest BCUT2D eigenvalue weighted by molar-refractivity contribution is 7.16. The molecule has 154 valence electrons. The Kier molecular flexibility index (Phi) is 6.15. The van der Waals surface area contributed by atoms with Crippen molar-refractivity contribution in [1.29, 1.82) is 0 Å². The van der Waals surface area contributed by atoms with Crippen molar-refractivity contribution in [3.8, 4) is 0 Å². The van der Waals surface area contributed by atoms with Crippen LogP contribution in [0.5, 0.6) is 0 Å². The van der Waals surface area contributed by atoms with E-state index in [2.05, 4.69) is 114 Å². The Morgan fingerprint density at radius 3 is 1.10 bits per heavy atom. The van der Waals surface area contributed by atoms with Gasteiger partial charge in [0.15, 0.2) is 0 Å². The summed E-state index contributed by atoms with van der Waals surface area (Å²) in [5.41, 5.74) is 3.00. The van der Waals surface area contributed by atoms with Crippen LogP contribution in [-0.2, 0) is 0 Å². The number of benzene rings is 2. The molecule has 1 aliphatic heterocycles. The maximum atomic E-state index is 2.57. The van der Waals surface area contributed by atoms with E-state index < -0.39 is 24.2 Å². The summed E-state index contributed by atoms with van der Waals surface area (Å²) in [5.74, 6) is 0. The summed E-state index contributed by atoms with van der Waals surface area (Å²) in [7, 11) is -4.93. The van der Waals surface area contributed by atoms with Crippen LogP contribution in [0.4, 0.5) is 0 Å². The predicted octanol–water partition coefficient (Wildman–Crippen LogP) is 8.23. The van der Waals surface area contributed by atoms with Gasteiger partial charge in [0.05, 0.1) is 16.1 Å². The molecule has 0 aromatic heterocycles. The highest BCUT2D eigenvalue weighted by Gasteiger charge is 2.51. The minimum absolute atomic E-state index is 1.29. The van der Waals surface area contributed by atoms with Gasteiger partial charge in [-0.15, -0.1) is 0 Å². The van der Waals surface area contributed by atoms with Gasteiger partial charge in [-0.1, -0.05) is 136 Å². The molecule has 2 aromatic carbocycles. The van der Waals surface area contributed by atoms with Gasteiger partial charge < -0.3 is 0 Å². The van der Waals surface area contributed by atoms with E-state index >= 15 is 0 Å². The molecule has 1 heterocycles. The molecular formula is C26H38Si3. The van der Waals surface area contributed by atoms with E-state index in [0.717, 1.165) is 0 Å². The molecule has 0 fully saturated rings. The Morgan fingerprint density at radius 2 is 0.862 bits per heavy atom. The van der Waals surface area contributed by atoms with E-state index in [0.29, 0.717) is 0 Å². The van der Waals surface area contributed by atoms with E-state index in [4.69, 9.17) is 0 Å². The Morgan fingerprint density at radius 1 is 0.552 bits per heavy atom. The molecule has 0 bridgehead atoms. The van der Waals surface area contributed by atoms with Gasteiger partial charge in [-0.2, -0.15) is 0 Å². The number of allylic oxidation sites excluding steroid dienone is 2. The van der Waals surface area contributed by atoms with Crippen LogP contribution in [0.15, 0.2) is 71.1 Å². The zero-order valence-electron chi connectivity index (χ0n) is 19.7. The molecule has 0 atom stereocenters. The third kappa shape index (κ3) is 3.85. The summed E-state index contributed by atoms with van der Waals surface area (Å²) < 4.78 is 0. The number of hydrogen-bond acceptors (Lipinski definition) is 0. The lowest BCUT2D eigenvalue weighted by Gasteiger charge is -2.34. The lowest BCUT2D eigenvalue weighted by molar-refractivity contribution is 1.30. The van der Waals surface area contributed by atoms with E-state index in [9.17, 15) is 0 Å². The van der Waals surface area contributed by atoms with E-state index in [-0.39, 0.29) is 0 Å². The molecule has 0 unspecified atom stereocenters. The highest BCUT2D eigenvalue weighted by atomic mass is 28.3. The van der Waals surface area contributed by atoms with Crippen molar-refractivity contribution in [2.45, 2.75) is 65.2 Å². The lowest BCUT2D eigenvalue weighted by Crippen LogP contribution is -2.36. The summed E-state index contributed by atoms with van der Waals surface area (Å²) >= 11 is 0. The molecule has 29 heavy (non-hydrogen) atoms. The van der Waals surface area contributed by atoms with Crippen molar-refractivity contribution in [2.24, 2.45) is 0 Å². The molecule has 0 saturated carbocycles. The minimum atomic E-state index is -1.84. The van der Waals surface area contributed by atoms with Crippen molar-refractivity contribution in [1.82, 2.24) is 0 Å². The van der Waals surface area contributed by atoms with Gasteiger partial charge in [-0.3, -0.25) is 0 Å². The van der Waals surface area contributed by atoms with Crippen molar-refractivity contribution in [3.63, 3.8) is 0 Å². The largest absolute Gasteiger partial charge is 0.118 e. The van der Waals surface area contributed by atoms with Gasteiger partial charge in [-0.05, 0) is 21.5 Å². The summed E-state index contributed by atoms with van der Waals surface area (Å²) in [6.45, 7) is 20.4. The molecule has 3 rings (SSSR count). The van der Waals surface area contributed by atoms with Gasteiger partial charge in [0.25, 0.3) is 0 Å². The molecule has 0 amide bonds. The van der Waals surface area contributed by atoms with Gasteiger partial charge >= 0.3 is 0 Å². The van der Waals surface area contributed by atoms with Crippen LogP contribution < -0.4 is 0 Å². The van der Waals surface area contributed by atoms with Crippen molar-refractivity contribution < 1.29 is 0 Å². The topological polar surface area (TPSA) is 0 Å². The Balaban J connectivity index is 2.53. The SMILES string of the molecule is CC[Si]1(CC)C(c2ccccc2)=C([Si](C)(C)C)C([Si](C)(C)C)=C1c1ccccc1. The van der Waals surface area contributed by atoms with Crippen LogP contribution in [0.1, 0.15) is 25.0 Å². The minimum Gasteiger partial charge on any atom is -0.0672 e. The zero-order chi connectivity index (χ0) is 21.4. The first-order valence-corrected chi connectivity index (χ1v) is 20.6. The fourth-order valence-corrected chi connectivity index (χ4v) is 19.9. The lowest BCUT2D eigenvalue weighted by atomic mass is 10.2. The van der Waals surface area contributed by atoms with Crippen LogP contribution >= 0.6 is 0 Å². The first-order chi connectivity index (χ1) is 13.6. The van der Waals surface area contributed by atoms with Crippen LogP contribution in [-0.4, -0.2) is 24.2 Å². The third-order valence-corrected chi connectivity index (χ3v) is 16.7. The van der Waals surface area contributed by atoms with E-state index in [1.54, 1.807) is 10.4 Å². The standard InChI is InChI=1S/C26H38Si3/c1-9-29(10-2)23(21-17-13-11-14-18-21)25(27(3,4)5)26(28(6,7)8)24(29)22-19-15-12-16-20-22/h11-20H,9-10H2,1-8H3. The van der Waals surface area contributed by atoms with Crippen LogP contribution in [0, 0.1) is 0 Å². The maximum Gasteiger partial charge on any atom is 0.118 e. The average Bonchev–Trinajstić information content (AvgIpc) is 3.01. The zero-order valence-corrected chi connectivity index (χ0v) is 22.7. The molecule has 0 radical (unpaired) electrons. The van der Waals surface area contributed by atoms with Crippen LogP contribution in [0.3, 0.4) is 0 Å². The van der Waals surface area contributed by atoms with E-state index in [1.807, 2.05) is 10.4 Å². The molecule has 0 N–H and O–H groups in total. The third-order valence-electron chi connectivity index (χ3n) is 6.54. The first kappa shape index (κ1) is 22.3. The Hall–Kier alpha value is -1.43.